The van der Waals surface area contributed by atoms with E-state index in [-0.39, 0.29) is 18.6 Å². The molecule has 0 aliphatic heterocycles. The van der Waals surface area contributed by atoms with E-state index in [2.05, 4.69) is 26.7 Å². The number of aliphatic carboxylic acids is 2. The van der Waals surface area contributed by atoms with Crippen LogP contribution in [0.25, 0.3) is 10.9 Å². The van der Waals surface area contributed by atoms with Crippen LogP contribution in [-0.2, 0) is 25.7 Å². The number of para-hydroxylation sites is 1. The molecule has 0 fully saturated rings. The summed E-state index contributed by atoms with van der Waals surface area (Å²) >= 11 is 6.40. The SMILES string of the molecule is [NH3+][C@@H](CCC(=O)N[C@@H](CSC(=S)NCc1c[nH]c2ccccc12)C(=O)NCC(=O)[O-])C(=O)[O-]. The van der Waals surface area contributed by atoms with E-state index in [4.69, 9.17) is 12.2 Å². The Kier molecular flexibility index (Phi) is 10.1. The molecule has 0 aliphatic carbocycles. The number of carboxylic acid groups (broad SMARTS) is 2. The third-order valence-corrected chi connectivity index (χ3v) is 6.00. The summed E-state index contributed by atoms with van der Waals surface area (Å²) < 4.78 is 0.377. The maximum Gasteiger partial charge on any atom is 0.243 e. The number of benzene rings is 1. The number of H-pyrrole nitrogens is 1. The summed E-state index contributed by atoms with van der Waals surface area (Å²) in [5.41, 5.74) is 5.36. The smallest absolute Gasteiger partial charge is 0.243 e. The van der Waals surface area contributed by atoms with Crippen molar-refractivity contribution < 1.29 is 35.1 Å². The van der Waals surface area contributed by atoms with Gasteiger partial charge in [0.2, 0.25) is 11.8 Å². The number of rotatable bonds is 12. The van der Waals surface area contributed by atoms with Gasteiger partial charge in [-0.15, -0.1) is 0 Å². The Hall–Kier alpha value is -3.16. The number of nitrogens with one attached hydrogen (secondary N) is 4. The van der Waals surface area contributed by atoms with Gasteiger partial charge in [0.25, 0.3) is 0 Å². The Bertz CT molecular complexity index is 1030. The molecule has 1 heterocycles. The first kappa shape index (κ1) is 26.1. The molecule has 0 bridgehead atoms. The van der Waals surface area contributed by atoms with E-state index in [1.54, 1.807) is 0 Å². The highest BCUT2D eigenvalue weighted by Gasteiger charge is 2.22. The monoisotopic (exact) mass is 494 g/mol. The average molecular weight is 495 g/mol. The van der Waals surface area contributed by atoms with Gasteiger partial charge in [0.15, 0.2) is 0 Å². The molecule has 178 valence electrons. The van der Waals surface area contributed by atoms with Crippen molar-refractivity contribution in [2.24, 2.45) is 0 Å². The standard InChI is InChI=1S/C20H25N5O6S2/c21-13(19(30)31)5-6-16(26)25-15(18(29)23-9-17(27)28)10-33-20(32)24-8-11-7-22-14-4-2-1-3-12(11)14/h1-4,7,13,15,22H,5-6,8-10,21H2,(H,23,29)(H,24,32)(H,25,26)(H,27,28)(H,30,31)/p-1/t13-,15-/m0/s1. The zero-order valence-electron chi connectivity index (χ0n) is 17.6. The summed E-state index contributed by atoms with van der Waals surface area (Å²) in [7, 11) is 0. The van der Waals surface area contributed by atoms with E-state index in [1.807, 2.05) is 30.5 Å². The lowest BCUT2D eigenvalue weighted by atomic mass is 10.1. The van der Waals surface area contributed by atoms with E-state index in [1.165, 1.54) is 0 Å². The number of carboxylic acids is 2. The van der Waals surface area contributed by atoms with Gasteiger partial charge in [-0.25, -0.2) is 0 Å². The molecule has 13 heteroatoms. The van der Waals surface area contributed by atoms with Crippen LogP contribution in [0, 0.1) is 0 Å². The van der Waals surface area contributed by atoms with Crippen LogP contribution in [0.5, 0.6) is 0 Å². The first-order valence-corrected chi connectivity index (χ1v) is 11.3. The molecule has 0 aliphatic rings. The molecular weight excluding hydrogens is 470 g/mol. The van der Waals surface area contributed by atoms with Crippen molar-refractivity contribution in [1.29, 1.82) is 0 Å². The van der Waals surface area contributed by atoms with Gasteiger partial charge >= 0.3 is 0 Å². The number of thioether (sulfide) groups is 1. The van der Waals surface area contributed by atoms with E-state index in [9.17, 15) is 29.4 Å². The Morgan fingerprint density at radius 3 is 2.58 bits per heavy atom. The van der Waals surface area contributed by atoms with Gasteiger partial charge in [0, 0.05) is 42.2 Å². The zero-order chi connectivity index (χ0) is 24.4. The first-order chi connectivity index (χ1) is 15.7. The number of aromatic nitrogens is 1. The maximum absolute atomic E-state index is 12.3. The van der Waals surface area contributed by atoms with Crippen LogP contribution in [0.1, 0.15) is 18.4 Å². The van der Waals surface area contributed by atoms with Gasteiger partial charge < -0.3 is 46.5 Å². The van der Waals surface area contributed by atoms with Crippen molar-refractivity contribution in [3.63, 3.8) is 0 Å². The van der Waals surface area contributed by atoms with Crippen molar-refractivity contribution in [2.45, 2.75) is 31.5 Å². The molecule has 0 spiro atoms. The molecule has 2 rings (SSSR count). The fourth-order valence-corrected chi connectivity index (χ4v) is 3.81. The maximum atomic E-state index is 12.3. The fraction of sp³-hybridized carbons (Fsp3) is 0.350. The number of fused-ring (bicyclic) bond motifs is 1. The highest BCUT2D eigenvalue weighted by molar-refractivity contribution is 8.23. The van der Waals surface area contributed by atoms with Gasteiger partial charge in [-0.3, -0.25) is 9.59 Å². The Balaban J connectivity index is 1.90. The quantitative estimate of drug-likeness (QED) is 0.189. The number of hydrogen-bond acceptors (Lipinski definition) is 8. The van der Waals surface area contributed by atoms with E-state index in [0.717, 1.165) is 28.2 Å². The summed E-state index contributed by atoms with van der Waals surface area (Å²) in [6, 6.07) is 5.61. The van der Waals surface area contributed by atoms with E-state index >= 15 is 0 Å². The van der Waals surface area contributed by atoms with E-state index < -0.39 is 42.4 Å². The number of hydrogen-bond donors (Lipinski definition) is 5. The summed E-state index contributed by atoms with van der Waals surface area (Å²) in [5.74, 6) is -4.15. The molecule has 7 N–H and O–H groups in total. The second kappa shape index (κ2) is 12.8. The highest BCUT2D eigenvalue weighted by Crippen LogP contribution is 2.17. The van der Waals surface area contributed by atoms with Gasteiger partial charge in [0.1, 0.15) is 16.4 Å². The third kappa shape index (κ3) is 8.71. The minimum Gasteiger partial charge on any atom is -0.548 e. The van der Waals surface area contributed by atoms with Crippen molar-refractivity contribution in [3.05, 3.63) is 36.0 Å². The summed E-state index contributed by atoms with van der Waals surface area (Å²) in [4.78, 5) is 49.0. The zero-order valence-corrected chi connectivity index (χ0v) is 19.2. The van der Waals surface area contributed by atoms with Crippen molar-refractivity contribution in [3.8, 4) is 0 Å². The molecule has 2 aromatic rings. The molecule has 2 amide bonds. The summed E-state index contributed by atoms with van der Waals surface area (Å²) in [6.07, 6.45) is 1.60. The normalized spacial score (nSPS) is 12.5. The van der Waals surface area contributed by atoms with Crippen LogP contribution in [0.4, 0.5) is 0 Å². The first-order valence-electron chi connectivity index (χ1n) is 9.93. The molecule has 2 atom stereocenters. The molecule has 11 nitrogen and oxygen atoms in total. The second-order valence-electron chi connectivity index (χ2n) is 7.08. The van der Waals surface area contributed by atoms with Crippen LogP contribution < -0.4 is 31.9 Å². The number of carbonyl (C=O) groups is 4. The predicted molar refractivity (Wildman–Crippen MR) is 121 cm³/mol. The molecule has 0 unspecified atom stereocenters. The Labute approximate surface area is 198 Å². The van der Waals surface area contributed by atoms with Gasteiger partial charge in [0.05, 0.1) is 18.5 Å². The molecule has 1 aromatic carbocycles. The Morgan fingerprint density at radius 2 is 1.88 bits per heavy atom. The molecule has 0 radical (unpaired) electrons. The molecule has 0 saturated heterocycles. The summed E-state index contributed by atoms with van der Waals surface area (Å²) in [5, 5.41) is 30.1. The van der Waals surface area contributed by atoms with E-state index in [0.29, 0.717) is 10.9 Å². The largest absolute Gasteiger partial charge is 0.548 e. The minimum absolute atomic E-state index is 0.0264. The number of amides is 2. The topological polar surface area (TPSA) is 194 Å². The average Bonchev–Trinajstić information content (AvgIpc) is 3.20. The second-order valence-corrected chi connectivity index (χ2v) is 8.77. The van der Waals surface area contributed by atoms with Crippen LogP contribution in [-0.4, -0.2) is 57.4 Å². The van der Waals surface area contributed by atoms with Crippen molar-refractivity contribution >= 4 is 63.0 Å². The fourth-order valence-electron chi connectivity index (χ4n) is 2.81. The van der Waals surface area contributed by atoms with Crippen LogP contribution >= 0.6 is 24.0 Å². The van der Waals surface area contributed by atoms with Gasteiger partial charge in [-0.05, 0) is 11.6 Å². The van der Waals surface area contributed by atoms with Crippen LogP contribution in [0.3, 0.4) is 0 Å². The lowest BCUT2D eigenvalue weighted by Crippen LogP contribution is -2.68. The van der Waals surface area contributed by atoms with Gasteiger partial charge in [-0.2, -0.15) is 0 Å². The number of aromatic amines is 1. The third-order valence-electron chi connectivity index (χ3n) is 4.59. The molecular formula is C20H24N5O6S2-. The predicted octanol–water partition coefficient (Wildman–Crippen LogP) is -3.23. The lowest BCUT2D eigenvalue weighted by Gasteiger charge is -2.19. The molecule has 0 saturated carbocycles. The molecule has 33 heavy (non-hydrogen) atoms. The van der Waals surface area contributed by atoms with Gasteiger partial charge in [-0.1, -0.05) is 42.2 Å². The Morgan fingerprint density at radius 1 is 1.15 bits per heavy atom. The van der Waals surface area contributed by atoms with Crippen molar-refractivity contribution in [1.82, 2.24) is 20.9 Å². The number of carbonyl (C=O) groups excluding carboxylic acids is 4. The van der Waals surface area contributed by atoms with Crippen LogP contribution in [0.2, 0.25) is 0 Å². The van der Waals surface area contributed by atoms with Crippen LogP contribution in [0.15, 0.2) is 30.5 Å². The summed E-state index contributed by atoms with van der Waals surface area (Å²) in [6.45, 7) is -0.275. The molecule has 1 aromatic heterocycles. The highest BCUT2D eigenvalue weighted by atomic mass is 32.2. The number of thiocarbonyl (C=S) groups is 1. The minimum atomic E-state index is -1.48. The number of quaternary nitrogens is 1. The lowest BCUT2D eigenvalue weighted by molar-refractivity contribution is -0.438. The van der Waals surface area contributed by atoms with Crippen molar-refractivity contribution in [2.75, 3.05) is 12.3 Å².